The molecule has 17 heavy (non-hydrogen) atoms. The number of aromatic nitrogens is 2. The van der Waals surface area contributed by atoms with E-state index in [1.54, 1.807) is 0 Å². The molecule has 0 fully saturated rings. The van der Waals surface area contributed by atoms with Gasteiger partial charge in [-0.1, -0.05) is 18.2 Å². The summed E-state index contributed by atoms with van der Waals surface area (Å²) in [4.78, 5) is 0. The third kappa shape index (κ3) is 1.81. The Bertz CT molecular complexity index is 560. The lowest BCUT2D eigenvalue weighted by Crippen LogP contribution is -2.23. The van der Waals surface area contributed by atoms with E-state index >= 15 is 0 Å². The molecule has 0 bridgehead atoms. The lowest BCUT2D eigenvalue weighted by Gasteiger charge is -2.10. The van der Waals surface area contributed by atoms with E-state index in [4.69, 9.17) is 0 Å². The van der Waals surface area contributed by atoms with Crippen molar-refractivity contribution in [2.75, 3.05) is 6.54 Å². The van der Waals surface area contributed by atoms with E-state index in [9.17, 15) is 0 Å². The Morgan fingerprint density at radius 1 is 1.35 bits per heavy atom. The van der Waals surface area contributed by atoms with Crippen LogP contribution in [-0.2, 0) is 13.0 Å². The average molecular weight is 292 g/mol. The Morgan fingerprint density at radius 2 is 2.18 bits per heavy atom. The molecule has 0 saturated carbocycles. The molecule has 4 heteroatoms. The molecular weight excluding hydrogens is 278 g/mol. The van der Waals surface area contributed by atoms with Crippen LogP contribution in [0.5, 0.6) is 0 Å². The number of aryl methyl sites for hydroxylation is 1. The van der Waals surface area contributed by atoms with Crippen LogP contribution in [0.4, 0.5) is 0 Å². The Labute approximate surface area is 109 Å². The van der Waals surface area contributed by atoms with Gasteiger partial charge in [-0.3, -0.25) is 0 Å². The van der Waals surface area contributed by atoms with E-state index in [0.717, 1.165) is 35.5 Å². The van der Waals surface area contributed by atoms with Crippen molar-refractivity contribution < 1.29 is 0 Å². The maximum Gasteiger partial charge on any atom is 0.113 e. The Kier molecular flexibility index (Phi) is 2.76. The van der Waals surface area contributed by atoms with Crippen LogP contribution in [0.3, 0.4) is 0 Å². The van der Waals surface area contributed by atoms with Gasteiger partial charge in [0.15, 0.2) is 0 Å². The first-order chi connectivity index (χ1) is 8.27. The maximum absolute atomic E-state index is 4.69. The van der Waals surface area contributed by atoms with Gasteiger partial charge >= 0.3 is 0 Å². The van der Waals surface area contributed by atoms with Crippen molar-refractivity contribution in [3.8, 4) is 5.69 Å². The summed E-state index contributed by atoms with van der Waals surface area (Å²) < 4.78 is 3.11. The minimum absolute atomic E-state index is 0.868. The number of hydrogen-bond acceptors (Lipinski definition) is 2. The van der Waals surface area contributed by atoms with Gasteiger partial charge < -0.3 is 5.32 Å². The van der Waals surface area contributed by atoms with Crippen molar-refractivity contribution in [3.63, 3.8) is 0 Å². The van der Waals surface area contributed by atoms with Gasteiger partial charge in [-0.2, -0.15) is 5.10 Å². The molecule has 0 spiro atoms. The van der Waals surface area contributed by atoms with Gasteiger partial charge in [0.2, 0.25) is 0 Å². The second-order valence-corrected chi connectivity index (χ2v) is 5.09. The van der Waals surface area contributed by atoms with Crippen LogP contribution in [-0.4, -0.2) is 16.3 Å². The van der Waals surface area contributed by atoms with E-state index in [1.807, 2.05) is 10.7 Å². The standard InChI is InChI=1S/C13H14BrN3/c1-9-4-2-3-5-12(9)17-13(14)10-6-7-15-8-11(10)16-17/h2-5,15H,6-8H2,1H3. The quantitative estimate of drug-likeness (QED) is 0.875. The lowest BCUT2D eigenvalue weighted by atomic mass is 10.1. The number of rotatable bonds is 1. The highest BCUT2D eigenvalue weighted by atomic mass is 79.9. The molecule has 2 heterocycles. The lowest BCUT2D eigenvalue weighted by molar-refractivity contribution is 0.629. The predicted molar refractivity (Wildman–Crippen MR) is 71.4 cm³/mol. The normalized spacial score (nSPS) is 14.7. The molecule has 0 unspecified atom stereocenters. The average Bonchev–Trinajstić information content (AvgIpc) is 2.68. The second-order valence-electron chi connectivity index (χ2n) is 4.34. The maximum atomic E-state index is 4.69. The molecule has 1 N–H and O–H groups in total. The van der Waals surface area contributed by atoms with Crippen molar-refractivity contribution in [1.82, 2.24) is 15.1 Å². The molecule has 0 aliphatic carbocycles. The Hall–Kier alpha value is -1.13. The first kappa shape index (κ1) is 11.0. The van der Waals surface area contributed by atoms with Crippen LogP contribution < -0.4 is 5.32 Å². The molecule has 3 rings (SSSR count). The summed E-state index contributed by atoms with van der Waals surface area (Å²) in [7, 11) is 0. The molecule has 2 aromatic rings. The van der Waals surface area contributed by atoms with Crippen LogP contribution in [0, 0.1) is 6.92 Å². The molecule has 1 aliphatic heterocycles. The van der Waals surface area contributed by atoms with Gasteiger partial charge in [-0.25, -0.2) is 4.68 Å². The smallest absolute Gasteiger partial charge is 0.113 e. The molecule has 1 aromatic heterocycles. The number of para-hydroxylation sites is 1. The second kappa shape index (κ2) is 4.27. The molecule has 0 atom stereocenters. The number of nitrogens with one attached hydrogen (secondary N) is 1. The number of benzene rings is 1. The third-order valence-corrected chi connectivity index (χ3v) is 4.01. The fourth-order valence-corrected chi connectivity index (χ4v) is 2.94. The molecule has 88 valence electrons. The molecule has 1 aliphatic rings. The summed E-state index contributed by atoms with van der Waals surface area (Å²) in [6.07, 6.45) is 1.04. The summed E-state index contributed by atoms with van der Waals surface area (Å²) in [5.74, 6) is 0. The largest absolute Gasteiger partial charge is 0.311 e. The minimum Gasteiger partial charge on any atom is -0.311 e. The fraction of sp³-hybridized carbons (Fsp3) is 0.308. The van der Waals surface area contributed by atoms with Crippen LogP contribution in [0.2, 0.25) is 0 Å². The van der Waals surface area contributed by atoms with Crippen molar-refractivity contribution in [1.29, 1.82) is 0 Å². The van der Waals surface area contributed by atoms with E-state index in [1.165, 1.54) is 11.1 Å². The predicted octanol–water partition coefficient (Wildman–Crippen LogP) is 2.59. The topological polar surface area (TPSA) is 29.9 Å². The summed E-state index contributed by atoms with van der Waals surface area (Å²) in [6.45, 7) is 4.01. The van der Waals surface area contributed by atoms with Crippen molar-refractivity contribution in [2.24, 2.45) is 0 Å². The Balaban J connectivity index is 2.16. The monoisotopic (exact) mass is 291 g/mol. The summed E-state index contributed by atoms with van der Waals surface area (Å²) in [5, 5.41) is 8.04. The van der Waals surface area contributed by atoms with Gasteiger partial charge in [-0.05, 0) is 47.4 Å². The van der Waals surface area contributed by atoms with Crippen molar-refractivity contribution >= 4 is 15.9 Å². The van der Waals surface area contributed by atoms with Gasteiger partial charge in [0.25, 0.3) is 0 Å². The highest BCUT2D eigenvalue weighted by Gasteiger charge is 2.19. The first-order valence-electron chi connectivity index (χ1n) is 5.80. The number of fused-ring (bicyclic) bond motifs is 1. The van der Waals surface area contributed by atoms with Crippen LogP contribution in [0.1, 0.15) is 16.8 Å². The van der Waals surface area contributed by atoms with Crippen LogP contribution in [0.25, 0.3) is 5.69 Å². The van der Waals surface area contributed by atoms with Gasteiger partial charge in [0.1, 0.15) is 4.60 Å². The van der Waals surface area contributed by atoms with Gasteiger partial charge in [0, 0.05) is 12.1 Å². The van der Waals surface area contributed by atoms with Gasteiger partial charge in [-0.15, -0.1) is 0 Å². The van der Waals surface area contributed by atoms with E-state index in [2.05, 4.69) is 51.5 Å². The zero-order valence-electron chi connectivity index (χ0n) is 9.70. The molecular formula is C13H14BrN3. The number of halogens is 1. The van der Waals surface area contributed by atoms with Crippen LogP contribution in [0.15, 0.2) is 28.9 Å². The van der Waals surface area contributed by atoms with Crippen molar-refractivity contribution in [3.05, 3.63) is 45.7 Å². The highest BCUT2D eigenvalue weighted by molar-refractivity contribution is 9.10. The molecule has 0 radical (unpaired) electrons. The summed E-state index contributed by atoms with van der Waals surface area (Å²) >= 11 is 3.68. The highest BCUT2D eigenvalue weighted by Crippen LogP contribution is 2.27. The molecule has 3 nitrogen and oxygen atoms in total. The molecule has 0 saturated heterocycles. The zero-order chi connectivity index (χ0) is 11.8. The van der Waals surface area contributed by atoms with Crippen molar-refractivity contribution in [2.45, 2.75) is 19.9 Å². The van der Waals surface area contributed by atoms with E-state index in [0.29, 0.717) is 0 Å². The van der Waals surface area contributed by atoms with E-state index < -0.39 is 0 Å². The minimum atomic E-state index is 0.868. The SMILES string of the molecule is Cc1ccccc1-n1nc2c(c1Br)CCNC2. The first-order valence-corrected chi connectivity index (χ1v) is 6.59. The summed E-state index contributed by atoms with van der Waals surface area (Å²) in [5.41, 5.74) is 4.88. The molecule has 1 aromatic carbocycles. The number of nitrogens with zero attached hydrogens (tertiary/aromatic N) is 2. The summed E-state index contributed by atoms with van der Waals surface area (Å²) in [6, 6.07) is 8.32. The molecule has 0 amide bonds. The third-order valence-electron chi connectivity index (χ3n) is 3.19. The van der Waals surface area contributed by atoms with Gasteiger partial charge in [0.05, 0.1) is 11.4 Å². The zero-order valence-corrected chi connectivity index (χ0v) is 11.3. The van der Waals surface area contributed by atoms with Crippen LogP contribution >= 0.6 is 15.9 Å². The fourth-order valence-electron chi connectivity index (χ4n) is 2.24. The Morgan fingerprint density at radius 3 is 2.94 bits per heavy atom. The number of hydrogen-bond donors (Lipinski definition) is 1. The van der Waals surface area contributed by atoms with E-state index in [-0.39, 0.29) is 0 Å².